The molecule has 1 N–H and O–H groups in total. The Morgan fingerprint density at radius 2 is 1.48 bits per heavy atom. The number of allylic oxidation sites excluding steroid dienone is 1. The molecule has 23 heavy (non-hydrogen) atoms. The third-order valence-corrected chi connectivity index (χ3v) is 3.85. The van der Waals surface area contributed by atoms with Crippen molar-refractivity contribution in [1.29, 1.82) is 0 Å². The zero-order valence-electron chi connectivity index (χ0n) is 13.9. The van der Waals surface area contributed by atoms with Gasteiger partial charge in [-0.25, -0.2) is 0 Å². The van der Waals surface area contributed by atoms with Gasteiger partial charge in [0.1, 0.15) is 0 Å². The number of carbonyl (C=O) groups excluding carboxylic acids is 1. The highest BCUT2D eigenvalue weighted by Gasteiger charge is 2.16. The second kappa shape index (κ2) is 7.90. The summed E-state index contributed by atoms with van der Waals surface area (Å²) in [6, 6.07) is 19.2. The lowest BCUT2D eigenvalue weighted by Gasteiger charge is -2.20. The molecule has 0 heterocycles. The van der Waals surface area contributed by atoms with Gasteiger partial charge in [0, 0.05) is 12.0 Å². The predicted octanol–water partition coefficient (Wildman–Crippen LogP) is 4.66. The molecule has 0 unspecified atom stereocenters. The van der Waals surface area contributed by atoms with Crippen LogP contribution in [0, 0.1) is 0 Å². The van der Waals surface area contributed by atoms with Crippen LogP contribution in [0.15, 0.2) is 66.7 Å². The van der Waals surface area contributed by atoms with Crippen molar-refractivity contribution in [2.24, 2.45) is 0 Å². The minimum Gasteiger partial charge on any atom is -0.323 e. The van der Waals surface area contributed by atoms with Crippen LogP contribution in [0.1, 0.15) is 22.3 Å². The number of rotatable bonds is 7. The molecule has 2 rings (SSSR count). The Hall–Kier alpha value is -2.17. The third kappa shape index (κ3) is 5.85. The zero-order chi connectivity index (χ0) is 16.7. The van der Waals surface area contributed by atoms with E-state index < -0.39 is 8.32 Å². The van der Waals surface area contributed by atoms with E-state index in [1.54, 1.807) is 0 Å². The molecular formula is C19H23NO2Si. The first-order valence-corrected chi connectivity index (χ1v) is 11.1. The summed E-state index contributed by atoms with van der Waals surface area (Å²) in [5.74, 6) is 0.0915. The molecule has 0 aliphatic rings. The number of hydrogen-bond donors (Lipinski definition) is 1. The van der Waals surface area contributed by atoms with Crippen molar-refractivity contribution >= 4 is 19.8 Å². The van der Waals surface area contributed by atoms with Gasteiger partial charge in [-0.2, -0.15) is 0 Å². The fourth-order valence-corrected chi connectivity index (χ4v) is 2.40. The second-order valence-corrected chi connectivity index (χ2v) is 10.7. The Bertz CT molecular complexity index is 661. The first-order chi connectivity index (χ1) is 11.0. The average Bonchev–Trinajstić information content (AvgIpc) is 2.55. The second-order valence-electron chi connectivity index (χ2n) is 6.29. The summed E-state index contributed by atoms with van der Waals surface area (Å²) < 4.78 is 5.79. The number of nitrogens with one attached hydrogen (secondary N) is 1. The SMILES string of the molecule is C[Si](C)(C)ONC(=CCC(=O)c1ccccc1)c1ccccc1. The van der Waals surface area contributed by atoms with E-state index in [2.05, 4.69) is 25.1 Å². The van der Waals surface area contributed by atoms with Crippen molar-refractivity contribution in [3.8, 4) is 0 Å². The van der Waals surface area contributed by atoms with Crippen LogP contribution in [0.4, 0.5) is 0 Å². The van der Waals surface area contributed by atoms with Crippen LogP contribution in [0.25, 0.3) is 5.70 Å². The van der Waals surface area contributed by atoms with Crippen LogP contribution in [0.3, 0.4) is 0 Å². The zero-order valence-corrected chi connectivity index (χ0v) is 14.9. The number of ketones is 1. The highest BCUT2D eigenvalue weighted by atomic mass is 28.4. The van der Waals surface area contributed by atoms with E-state index in [-0.39, 0.29) is 5.78 Å². The van der Waals surface area contributed by atoms with Gasteiger partial charge in [0.15, 0.2) is 5.78 Å². The van der Waals surface area contributed by atoms with E-state index >= 15 is 0 Å². The van der Waals surface area contributed by atoms with Crippen molar-refractivity contribution in [3.63, 3.8) is 0 Å². The summed E-state index contributed by atoms with van der Waals surface area (Å²) in [6.07, 6.45) is 2.22. The van der Waals surface area contributed by atoms with Crippen molar-refractivity contribution in [2.75, 3.05) is 0 Å². The van der Waals surface area contributed by atoms with Gasteiger partial charge >= 0.3 is 0 Å². The minimum absolute atomic E-state index is 0.0915. The molecule has 0 saturated heterocycles. The maximum absolute atomic E-state index is 12.3. The molecule has 0 amide bonds. The van der Waals surface area contributed by atoms with Crippen molar-refractivity contribution < 1.29 is 9.32 Å². The van der Waals surface area contributed by atoms with Crippen LogP contribution in [-0.4, -0.2) is 14.1 Å². The van der Waals surface area contributed by atoms with Crippen LogP contribution in [0.2, 0.25) is 19.6 Å². The van der Waals surface area contributed by atoms with Crippen molar-refractivity contribution in [3.05, 3.63) is 77.9 Å². The molecule has 2 aromatic carbocycles. The van der Waals surface area contributed by atoms with Crippen LogP contribution in [-0.2, 0) is 4.53 Å². The third-order valence-electron chi connectivity index (χ3n) is 3.14. The number of carbonyl (C=O) groups is 1. The lowest BCUT2D eigenvalue weighted by atomic mass is 10.1. The molecule has 0 aliphatic carbocycles. The summed E-state index contributed by atoms with van der Waals surface area (Å²) in [7, 11) is -1.71. The van der Waals surface area contributed by atoms with E-state index in [1.807, 2.05) is 66.7 Å². The lowest BCUT2D eigenvalue weighted by molar-refractivity contribution is 0.0995. The molecule has 120 valence electrons. The fourth-order valence-electron chi connectivity index (χ4n) is 1.98. The molecule has 4 heteroatoms. The monoisotopic (exact) mass is 325 g/mol. The van der Waals surface area contributed by atoms with E-state index in [9.17, 15) is 4.79 Å². The summed E-state index contributed by atoms with van der Waals surface area (Å²) in [4.78, 5) is 12.3. The minimum atomic E-state index is -1.71. The van der Waals surface area contributed by atoms with Gasteiger partial charge in [-0.15, -0.1) is 0 Å². The Labute approximate surface area is 139 Å². The molecule has 3 nitrogen and oxygen atoms in total. The number of benzene rings is 2. The maximum Gasteiger partial charge on any atom is 0.220 e. The summed E-state index contributed by atoms with van der Waals surface area (Å²) in [5.41, 5.74) is 5.61. The molecule has 0 bridgehead atoms. The standard InChI is InChI=1S/C19H23NO2Si/c1-23(2,3)22-20-18(16-10-6-4-7-11-16)14-15-19(21)17-12-8-5-9-13-17/h4-14,20H,15H2,1-3H3. The Balaban J connectivity index is 2.14. The smallest absolute Gasteiger partial charge is 0.220 e. The normalized spacial score (nSPS) is 12.0. The van der Waals surface area contributed by atoms with Gasteiger partial charge in [0.2, 0.25) is 8.32 Å². The van der Waals surface area contributed by atoms with E-state index in [0.29, 0.717) is 6.42 Å². The number of hydroxylamine groups is 1. The van der Waals surface area contributed by atoms with Crippen LogP contribution >= 0.6 is 0 Å². The predicted molar refractivity (Wildman–Crippen MR) is 97.4 cm³/mol. The van der Waals surface area contributed by atoms with Crippen molar-refractivity contribution in [1.82, 2.24) is 5.48 Å². The van der Waals surface area contributed by atoms with Gasteiger partial charge in [-0.3, -0.25) is 10.3 Å². The number of Topliss-reactive ketones (excluding diaryl/α,β-unsaturated/α-hetero) is 1. The molecule has 0 saturated carbocycles. The van der Waals surface area contributed by atoms with E-state index in [1.165, 1.54) is 0 Å². The van der Waals surface area contributed by atoms with Gasteiger partial charge in [-0.1, -0.05) is 66.7 Å². The summed E-state index contributed by atoms with van der Waals surface area (Å²) >= 11 is 0. The van der Waals surface area contributed by atoms with E-state index in [0.717, 1.165) is 16.8 Å². The molecule has 2 aromatic rings. The summed E-state index contributed by atoms with van der Waals surface area (Å²) in [6.45, 7) is 6.33. The quantitative estimate of drug-likeness (QED) is 0.457. The molecular weight excluding hydrogens is 302 g/mol. The van der Waals surface area contributed by atoms with Crippen molar-refractivity contribution in [2.45, 2.75) is 26.1 Å². The van der Waals surface area contributed by atoms with Crippen LogP contribution < -0.4 is 5.48 Å². The lowest BCUT2D eigenvalue weighted by Crippen LogP contribution is -2.32. The Morgan fingerprint density at radius 3 is 2.00 bits per heavy atom. The first kappa shape index (κ1) is 17.2. The molecule has 0 radical (unpaired) electrons. The molecule has 0 aliphatic heterocycles. The summed E-state index contributed by atoms with van der Waals surface area (Å²) in [5, 5.41) is 0. The highest BCUT2D eigenvalue weighted by Crippen LogP contribution is 2.15. The fraction of sp³-hybridized carbons (Fsp3) is 0.211. The Kier molecular flexibility index (Phi) is 5.90. The molecule has 0 spiro atoms. The molecule has 0 atom stereocenters. The highest BCUT2D eigenvalue weighted by molar-refractivity contribution is 6.69. The largest absolute Gasteiger partial charge is 0.323 e. The van der Waals surface area contributed by atoms with E-state index in [4.69, 9.17) is 4.53 Å². The molecule has 0 aromatic heterocycles. The maximum atomic E-state index is 12.3. The van der Waals surface area contributed by atoms with Gasteiger partial charge in [-0.05, 0) is 25.2 Å². The topological polar surface area (TPSA) is 38.3 Å². The average molecular weight is 325 g/mol. The molecule has 0 fully saturated rings. The van der Waals surface area contributed by atoms with Gasteiger partial charge in [0.25, 0.3) is 0 Å². The first-order valence-electron chi connectivity index (χ1n) is 7.73. The number of hydrogen-bond acceptors (Lipinski definition) is 3. The Morgan fingerprint density at radius 1 is 0.957 bits per heavy atom. The van der Waals surface area contributed by atoms with Gasteiger partial charge < -0.3 is 4.53 Å². The van der Waals surface area contributed by atoms with Gasteiger partial charge in [0.05, 0.1) is 5.70 Å². The van der Waals surface area contributed by atoms with Crippen LogP contribution in [0.5, 0.6) is 0 Å².